The third-order valence-electron chi connectivity index (χ3n) is 4.79. The molecule has 2 N–H and O–H groups in total. The molecule has 0 saturated heterocycles. The van der Waals surface area contributed by atoms with Gasteiger partial charge in [-0.15, -0.1) is 0 Å². The van der Waals surface area contributed by atoms with Crippen LogP contribution in [-0.4, -0.2) is 41.1 Å². The van der Waals surface area contributed by atoms with Crippen molar-refractivity contribution in [2.24, 2.45) is 0 Å². The summed E-state index contributed by atoms with van der Waals surface area (Å²) in [6.45, 7) is 3.97. The first kappa shape index (κ1) is 17.0. The molecule has 7 nitrogen and oxygen atoms in total. The maximum Gasteiger partial charge on any atom is 0.256 e. The molecule has 0 unspecified atom stereocenters. The van der Waals surface area contributed by atoms with Gasteiger partial charge in [0.1, 0.15) is 0 Å². The highest BCUT2D eigenvalue weighted by atomic mass is 32.2. The molecule has 136 valence electrons. The van der Waals surface area contributed by atoms with Gasteiger partial charge in [-0.1, -0.05) is 12.1 Å². The summed E-state index contributed by atoms with van der Waals surface area (Å²) < 4.78 is 23.3. The summed E-state index contributed by atoms with van der Waals surface area (Å²) in [4.78, 5) is 24.4. The number of aromatic amines is 2. The average molecular weight is 372 g/mol. The Bertz CT molecular complexity index is 1160. The van der Waals surface area contributed by atoms with Gasteiger partial charge in [0.2, 0.25) is 15.0 Å². The van der Waals surface area contributed by atoms with Gasteiger partial charge >= 0.3 is 0 Å². The lowest BCUT2D eigenvalue weighted by molar-refractivity contribution is 0.241. The number of rotatable bonds is 3. The fraction of sp³-hybridized carbons (Fsp3) is 0.333. The molecule has 3 heterocycles. The fourth-order valence-corrected chi connectivity index (χ4v) is 3.99. The van der Waals surface area contributed by atoms with Crippen molar-refractivity contribution >= 4 is 20.7 Å². The van der Waals surface area contributed by atoms with E-state index in [-0.39, 0.29) is 10.7 Å². The van der Waals surface area contributed by atoms with Crippen molar-refractivity contribution in [3.8, 4) is 0 Å². The van der Waals surface area contributed by atoms with Crippen molar-refractivity contribution in [1.82, 2.24) is 19.9 Å². The molecule has 8 heteroatoms. The van der Waals surface area contributed by atoms with Gasteiger partial charge in [0.15, 0.2) is 0 Å². The molecule has 0 atom stereocenters. The van der Waals surface area contributed by atoms with Gasteiger partial charge in [-0.3, -0.25) is 14.7 Å². The summed E-state index contributed by atoms with van der Waals surface area (Å²) in [5, 5.41) is 0.933. The molecule has 0 spiro atoms. The van der Waals surface area contributed by atoms with Crippen molar-refractivity contribution in [2.75, 3.05) is 12.8 Å². The van der Waals surface area contributed by atoms with E-state index in [0.717, 1.165) is 24.9 Å². The molecule has 0 radical (unpaired) electrons. The number of H-pyrrole nitrogens is 2. The van der Waals surface area contributed by atoms with Gasteiger partial charge in [0.05, 0.1) is 11.3 Å². The molecule has 2 aromatic heterocycles. The molecule has 0 fully saturated rings. The molecule has 1 aliphatic rings. The van der Waals surface area contributed by atoms with E-state index >= 15 is 0 Å². The second-order valence-electron chi connectivity index (χ2n) is 6.89. The maximum atomic E-state index is 12.3. The van der Waals surface area contributed by atoms with Crippen LogP contribution in [0, 0.1) is 6.92 Å². The van der Waals surface area contributed by atoms with Crippen LogP contribution in [0.3, 0.4) is 0 Å². The van der Waals surface area contributed by atoms with E-state index in [1.165, 1.54) is 16.5 Å². The average Bonchev–Trinajstić information content (AvgIpc) is 2.96. The Kier molecular flexibility index (Phi) is 3.96. The van der Waals surface area contributed by atoms with Crippen molar-refractivity contribution in [2.45, 2.75) is 31.6 Å². The van der Waals surface area contributed by atoms with E-state index in [1.54, 1.807) is 0 Å². The molecule has 3 aromatic rings. The fourth-order valence-electron chi connectivity index (χ4n) is 3.44. The zero-order valence-electron chi connectivity index (χ0n) is 14.7. The molecule has 0 bridgehead atoms. The van der Waals surface area contributed by atoms with E-state index < -0.39 is 9.84 Å². The van der Waals surface area contributed by atoms with Crippen molar-refractivity contribution in [1.29, 1.82) is 0 Å². The zero-order chi connectivity index (χ0) is 18.5. The third kappa shape index (κ3) is 3.06. The van der Waals surface area contributed by atoms with Gasteiger partial charge in [0, 0.05) is 49.4 Å². The number of fused-ring (bicyclic) bond motifs is 2. The normalized spacial score (nSPS) is 15.3. The van der Waals surface area contributed by atoms with Crippen molar-refractivity contribution in [3.63, 3.8) is 0 Å². The van der Waals surface area contributed by atoms with Gasteiger partial charge in [-0.25, -0.2) is 13.4 Å². The second kappa shape index (κ2) is 6.07. The van der Waals surface area contributed by atoms with Crippen LogP contribution < -0.4 is 5.56 Å². The number of aromatic nitrogens is 3. The molecule has 1 aromatic carbocycles. The highest BCUT2D eigenvalue weighted by molar-refractivity contribution is 7.90. The SMILES string of the molecule is Cc1ccc2c(CN3CCc4nc(S(C)(=O)=O)[nH]c(=O)c4C3)c[nH]c2c1. The van der Waals surface area contributed by atoms with E-state index in [4.69, 9.17) is 0 Å². The molecule has 26 heavy (non-hydrogen) atoms. The first-order valence-electron chi connectivity index (χ1n) is 8.42. The minimum atomic E-state index is -3.53. The van der Waals surface area contributed by atoms with Crippen LogP contribution in [0.15, 0.2) is 34.3 Å². The number of sulfone groups is 1. The largest absolute Gasteiger partial charge is 0.361 e. The predicted molar refractivity (Wildman–Crippen MR) is 98.8 cm³/mol. The molecular weight excluding hydrogens is 352 g/mol. The van der Waals surface area contributed by atoms with Crippen LogP contribution in [0.25, 0.3) is 10.9 Å². The monoisotopic (exact) mass is 372 g/mol. The Morgan fingerprint density at radius 3 is 2.88 bits per heavy atom. The molecule has 1 aliphatic heterocycles. The van der Waals surface area contributed by atoms with E-state index in [2.05, 4.69) is 45.0 Å². The Labute approximate surface area is 151 Å². The number of hydrogen-bond donors (Lipinski definition) is 2. The van der Waals surface area contributed by atoms with Crippen LogP contribution in [0.1, 0.15) is 22.4 Å². The Balaban J connectivity index is 1.61. The Morgan fingerprint density at radius 2 is 2.12 bits per heavy atom. The van der Waals surface area contributed by atoms with Gasteiger partial charge in [-0.05, 0) is 24.1 Å². The van der Waals surface area contributed by atoms with E-state index in [9.17, 15) is 13.2 Å². The standard InChI is InChI=1S/C18H20N4O3S/c1-11-3-4-13-12(8-19-16(13)7-11)9-22-6-5-15-14(10-22)17(23)21-18(20-15)26(2,24)25/h3-4,7-8,19H,5-6,9-10H2,1-2H3,(H,20,21,23). The summed E-state index contributed by atoms with van der Waals surface area (Å²) >= 11 is 0. The number of benzene rings is 1. The molecule has 4 rings (SSSR count). The van der Waals surface area contributed by atoms with Crippen LogP contribution in [0.4, 0.5) is 0 Å². The van der Waals surface area contributed by atoms with E-state index in [0.29, 0.717) is 24.2 Å². The predicted octanol–water partition coefficient (Wildman–Crippen LogP) is 1.52. The first-order valence-corrected chi connectivity index (χ1v) is 10.3. The molecular formula is C18H20N4O3S. The smallest absolute Gasteiger partial charge is 0.256 e. The maximum absolute atomic E-state index is 12.3. The summed E-state index contributed by atoms with van der Waals surface area (Å²) in [6.07, 6.45) is 3.61. The highest BCUT2D eigenvalue weighted by Crippen LogP contribution is 2.23. The van der Waals surface area contributed by atoms with E-state index in [1.807, 2.05) is 6.20 Å². The molecule has 0 amide bonds. The van der Waals surface area contributed by atoms with Crippen molar-refractivity contribution < 1.29 is 8.42 Å². The quantitative estimate of drug-likeness (QED) is 0.679. The summed E-state index contributed by atoms with van der Waals surface area (Å²) in [6, 6.07) is 6.32. The number of nitrogens with one attached hydrogen (secondary N) is 2. The Morgan fingerprint density at radius 1 is 1.31 bits per heavy atom. The summed E-state index contributed by atoms with van der Waals surface area (Å²) in [5.41, 5.74) is 4.27. The summed E-state index contributed by atoms with van der Waals surface area (Å²) in [7, 11) is -3.53. The van der Waals surface area contributed by atoms with Crippen LogP contribution in [0.5, 0.6) is 0 Å². The lowest BCUT2D eigenvalue weighted by atomic mass is 10.1. The van der Waals surface area contributed by atoms with Crippen LogP contribution in [0.2, 0.25) is 0 Å². The number of hydrogen-bond acceptors (Lipinski definition) is 5. The minimum absolute atomic E-state index is 0.248. The first-order chi connectivity index (χ1) is 12.3. The van der Waals surface area contributed by atoms with Gasteiger partial charge in [0.25, 0.3) is 5.56 Å². The third-order valence-corrected chi connectivity index (χ3v) is 5.69. The number of aryl methyl sites for hydroxylation is 1. The highest BCUT2D eigenvalue weighted by Gasteiger charge is 2.24. The molecule has 0 saturated carbocycles. The molecule has 0 aliphatic carbocycles. The van der Waals surface area contributed by atoms with Crippen LogP contribution in [-0.2, 0) is 29.3 Å². The van der Waals surface area contributed by atoms with Crippen molar-refractivity contribution in [3.05, 3.63) is 57.1 Å². The second-order valence-corrected chi connectivity index (χ2v) is 8.82. The lowest BCUT2D eigenvalue weighted by Gasteiger charge is -2.27. The Hall–Kier alpha value is -2.45. The lowest BCUT2D eigenvalue weighted by Crippen LogP contribution is -2.36. The number of nitrogens with zero attached hydrogens (tertiary/aromatic N) is 2. The summed E-state index contributed by atoms with van der Waals surface area (Å²) in [5.74, 6) is 0. The topological polar surface area (TPSA) is 98.9 Å². The zero-order valence-corrected chi connectivity index (χ0v) is 15.5. The van der Waals surface area contributed by atoms with Gasteiger partial charge in [-0.2, -0.15) is 0 Å². The van der Waals surface area contributed by atoms with Crippen LogP contribution >= 0.6 is 0 Å². The minimum Gasteiger partial charge on any atom is -0.361 e. The van der Waals surface area contributed by atoms with Gasteiger partial charge < -0.3 is 4.98 Å².